The van der Waals surface area contributed by atoms with Gasteiger partial charge in [0.1, 0.15) is 5.69 Å². The number of hydrogen-bond acceptors (Lipinski definition) is 6. The molecule has 1 aromatic rings. The number of rotatable bonds is 2. The molecule has 0 radical (unpaired) electrons. The standard InChI is InChI=1S/C10H11NO5/c1-15-10-6(7(12)8(13)9(10)14)11-2-4-16-5-3-11/h2-5H2,1H3. The number of hydrogen-bond donors (Lipinski definition) is 0. The summed E-state index contributed by atoms with van der Waals surface area (Å²) in [6.07, 6.45) is 0. The Morgan fingerprint density at radius 2 is 1.69 bits per heavy atom. The molecule has 1 aliphatic heterocycles. The van der Waals surface area contributed by atoms with Crippen LogP contribution in [0.2, 0.25) is 0 Å². The Labute approximate surface area is 90.7 Å². The van der Waals surface area contributed by atoms with Crippen LogP contribution in [0.1, 0.15) is 0 Å². The molecular weight excluding hydrogens is 214 g/mol. The molecule has 1 aliphatic rings. The van der Waals surface area contributed by atoms with E-state index in [2.05, 4.69) is 0 Å². The van der Waals surface area contributed by atoms with Crippen molar-refractivity contribution in [1.29, 1.82) is 0 Å². The van der Waals surface area contributed by atoms with Crippen molar-refractivity contribution >= 4 is 5.69 Å². The van der Waals surface area contributed by atoms with E-state index in [1.807, 2.05) is 0 Å². The first kappa shape index (κ1) is 10.8. The van der Waals surface area contributed by atoms with Crippen molar-refractivity contribution in [3.8, 4) is 5.75 Å². The largest absolute Gasteiger partial charge is 0.491 e. The van der Waals surface area contributed by atoms with Crippen LogP contribution in [0.15, 0.2) is 14.4 Å². The first-order valence-electron chi connectivity index (χ1n) is 4.91. The van der Waals surface area contributed by atoms with E-state index in [1.54, 1.807) is 4.90 Å². The monoisotopic (exact) mass is 225 g/mol. The number of nitrogens with zero attached hydrogens (tertiary/aromatic N) is 1. The molecule has 0 aromatic heterocycles. The van der Waals surface area contributed by atoms with Crippen LogP contribution in [0, 0.1) is 0 Å². The third-order valence-corrected chi connectivity index (χ3v) is 2.58. The van der Waals surface area contributed by atoms with E-state index in [1.165, 1.54) is 7.11 Å². The van der Waals surface area contributed by atoms with Gasteiger partial charge in [0.05, 0.1) is 20.3 Å². The average Bonchev–Trinajstić information content (AvgIpc) is 2.54. The Morgan fingerprint density at radius 3 is 2.25 bits per heavy atom. The predicted octanol–water partition coefficient (Wildman–Crippen LogP) is -1.51. The zero-order valence-electron chi connectivity index (χ0n) is 8.82. The molecule has 2 rings (SSSR count). The molecule has 0 atom stereocenters. The van der Waals surface area contributed by atoms with Crippen LogP contribution in [-0.4, -0.2) is 33.4 Å². The van der Waals surface area contributed by atoms with Gasteiger partial charge in [0, 0.05) is 13.1 Å². The third-order valence-electron chi connectivity index (χ3n) is 2.58. The van der Waals surface area contributed by atoms with Gasteiger partial charge in [-0.2, -0.15) is 0 Å². The Morgan fingerprint density at radius 1 is 1.06 bits per heavy atom. The van der Waals surface area contributed by atoms with E-state index < -0.39 is 16.3 Å². The van der Waals surface area contributed by atoms with Gasteiger partial charge in [0.25, 0.3) is 16.3 Å². The molecule has 0 spiro atoms. The van der Waals surface area contributed by atoms with Crippen LogP contribution in [0.25, 0.3) is 0 Å². The summed E-state index contributed by atoms with van der Waals surface area (Å²) in [6, 6.07) is 0. The molecule has 0 bridgehead atoms. The van der Waals surface area contributed by atoms with Crippen LogP contribution >= 0.6 is 0 Å². The number of anilines is 1. The predicted molar refractivity (Wildman–Crippen MR) is 57.2 cm³/mol. The molecule has 1 fully saturated rings. The molecular formula is C10H11NO5. The van der Waals surface area contributed by atoms with Gasteiger partial charge in [-0.15, -0.1) is 0 Å². The van der Waals surface area contributed by atoms with Gasteiger partial charge in [0.15, 0.2) is 5.75 Å². The lowest BCUT2D eigenvalue weighted by atomic mass is 10.3. The van der Waals surface area contributed by atoms with E-state index in [9.17, 15) is 14.4 Å². The van der Waals surface area contributed by atoms with Gasteiger partial charge in [-0.3, -0.25) is 14.4 Å². The summed E-state index contributed by atoms with van der Waals surface area (Å²) in [7, 11) is 1.28. The molecule has 0 saturated carbocycles. The van der Waals surface area contributed by atoms with E-state index in [0.29, 0.717) is 26.3 Å². The minimum Gasteiger partial charge on any atom is -0.491 e. The minimum absolute atomic E-state index is 0.0841. The second kappa shape index (κ2) is 4.05. The lowest BCUT2D eigenvalue weighted by Gasteiger charge is -2.27. The fraction of sp³-hybridized carbons (Fsp3) is 0.500. The van der Waals surface area contributed by atoms with E-state index in [-0.39, 0.29) is 11.4 Å². The van der Waals surface area contributed by atoms with E-state index in [0.717, 1.165) is 0 Å². The Kier molecular flexibility index (Phi) is 2.74. The van der Waals surface area contributed by atoms with Gasteiger partial charge in [-0.05, 0) is 0 Å². The zero-order chi connectivity index (χ0) is 11.7. The molecule has 6 heteroatoms. The second-order valence-corrected chi connectivity index (χ2v) is 3.47. The Balaban J connectivity index is 2.54. The second-order valence-electron chi connectivity index (χ2n) is 3.47. The van der Waals surface area contributed by atoms with Crippen molar-refractivity contribution in [2.45, 2.75) is 0 Å². The molecule has 6 nitrogen and oxygen atoms in total. The molecule has 86 valence electrons. The van der Waals surface area contributed by atoms with Crippen LogP contribution in [0.5, 0.6) is 5.75 Å². The van der Waals surface area contributed by atoms with Gasteiger partial charge >= 0.3 is 0 Å². The van der Waals surface area contributed by atoms with Crippen LogP contribution in [0.4, 0.5) is 5.69 Å². The van der Waals surface area contributed by atoms with Crippen molar-refractivity contribution in [3.05, 3.63) is 30.7 Å². The molecule has 0 amide bonds. The van der Waals surface area contributed by atoms with E-state index >= 15 is 0 Å². The van der Waals surface area contributed by atoms with Crippen molar-refractivity contribution in [3.63, 3.8) is 0 Å². The third kappa shape index (κ3) is 1.51. The highest BCUT2D eigenvalue weighted by molar-refractivity contribution is 5.60. The maximum absolute atomic E-state index is 11.6. The smallest absolute Gasteiger partial charge is 0.279 e. The van der Waals surface area contributed by atoms with Crippen molar-refractivity contribution < 1.29 is 9.47 Å². The maximum atomic E-state index is 11.6. The van der Waals surface area contributed by atoms with Gasteiger partial charge < -0.3 is 14.4 Å². The minimum atomic E-state index is -1.02. The highest BCUT2D eigenvalue weighted by Crippen LogP contribution is 2.19. The lowest BCUT2D eigenvalue weighted by molar-refractivity contribution is 0.122. The SMILES string of the molecule is COc1c(N2CCOCC2)c(=O)c(=O)c1=O. The van der Waals surface area contributed by atoms with Gasteiger partial charge in [-0.1, -0.05) is 0 Å². The summed E-state index contributed by atoms with van der Waals surface area (Å²) < 4.78 is 9.97. The average molecular weight is 225 g/mol. The molecule has 0 aliphatic carbocycles. The molecule has 0 N–H and O–H groups in total. The molecule has 1 saturated heterocycles. The number of morpholine rings is 1. The van der Waals surface area contributed by atoms with Gasteiger partial charge in [-0.25, -0.2) is 0 Å². The fourth-order valence-corrected chi connectivity index (χ4v) is 1.79. The van der Waals surface area contributed by atoms with Crippen molar-refractivity contribution in [1.82, 2.24) is 0 Å². The Bertz CT molecular complexity index is 523. The molecule has 1 heterocycles. The number of ether oxygens (including phenoxy) is 2. The fourth-order valence-electron chi connectivity index (χ4n) is 1.79. The first-order chi connectivity index (χ1) is 7.66. The molecule has 1 aromatic carbocycles. The topological polar surface area (TPSA) is 72.9 Å². The number of methoxy groups -OCH3 is 1. The van der Waals surface area contributed by atoms with Crippen molar-refractivity contribution in [2.75, 3.05) is 38.3 Å². The van der Waals surface area contributed by atoms with E-state index in [4.69, 9.17) is 9.47 Å². The normalized spacial score (nSPS) is 16.4. The quantitative estimate of drug-likeness (QED) is 0.570. The summed E-state index contributed by atoms with van der Waals surface area (Å²) in [6.45, 7) is 1.90. The maximum Gasteiger partial charge on any atom is 0.279 e. The Hall–Kier alpha value is -1.69. The summed E-state index contributed by atoms with van der Waals surface area (Å²) in [5.41, 5.74) is -2.56. The summed E-state index contributed by atoms with van der Waals surface area (Å²) in [5.74, 6) is -0.142. The first-order valence-corrected chi connectivity index (χ1v) is 4.91. The highest BCUT2D eigenvalue weighted by Gasteiger charge is 2.26. The lowest BCUT2D eigenvalue weighted by Crippen LogP contribution is -2.40. The molecule has 0 unspecified atom stereocenters. The highest BCUT2D eigenvalue weighted by atomic mass is 16.5. The van der Waals surface area contributed by atoms with Crippen molar-refractivity contribution in [2.24, 2.45) is 0 Å². The summed E-state index contributed by atoms with van der Waals surface area (Å²) in [5, 5.41) is 0. The van der Waals surface area contributed by atoms with Crippen LogP contribution in [0.3, 0.4) is 0 Å². The summed E-state index contributed by atoms with van der Waals surface area (Å²) in [4.78, 5) is 35.9. The van der Waals surface area contributed by atoms with Crippen LogP contribution in [-0.2, 0) is 4.74 Å². The van der Waals surface area contributed by atoms with Crippen LogP contribution < -0.4 is 25.9 Å². The molecule has 16 heavy (non-hydrogen) atoms. The zero-order valence-corrected chi connectivity index (χ0v) is 8.82. The van der Waals surface area contributed by atoms with Gasteiger partial charge in [0.2, 0.25) is 0 Å². The summed E-state index contributed by atoms with van der Waals surface area (Å²) >= 11 is 0.